The largest absolute Gasteiger partial charge is 0.463 e. The third kappa shape index (κ3) is 8.42. The maximum absolute atomic E-state index is 13.9. The van der Waals surface area contributed by atoms with Crippen LogP contribution in [0.1, 0.15) is 74.3 Å². The van der Waals surface area contributed by atoms with Crippen LogP contribution in [0.5, 0.6) is 0 Å². The molecule has 0 saturated heterocycles. The van der Waals surface area contributed by atoms with E-state index in [0.29, 0.717) is 5.57 Å². The molecule has 7 nitrogen and oxygen atoms in total. The molecule has 4 unspecified atom stereocenters. The van der Waals surface area contributed by atoms with Crippen molar-refractivity contribution < 1.29 is 19.1 Å². The molecule has 1 aromatic carbocycles. The van der Waals surface area contributed by atoms with Gasteiger partial charge in [-0.3, -0.25) is 9.59 Å². The van der Waals surface area contributed by atoms with E-state index in [1.165, 1.54) is 0 Å². The first-order valence-corrected chi connectivity index (χ1v) is 13.3. The number of rotatable bonds is 12. The predicted molar refractivity (Wildman–Crippen MR) is 150 cm³/mol. The topological polar surface area (TPSA) is 87.7 Å². The normalized spacial score (nSPS) is 15.8. The Morgan fingerprint density at radius 3 is 2.05 bits per heavy atom. The summed E-state index contributed by atoms with van der Waals surface area (Å²) in [6, 6.07) is 8.22. The van der Waals surface area contributed by atoms with Gasteiger partial charge in [0.1, 0.15) is 6.04 Å². The van der Waals surface area contributed by atoms with Crippen LogP contribution in [0.15, 0.2) is 42.0 Å². The molecule has 1 rings (SSSR count). The lowest BCUT2D eigenvalue weighted by atomic mass is 9.76. The molecule has 2 amide bonds. The van der Waals surface area contributed by atoms with Gasteiger partial charge < -0.3 is 20.3 Å². The van der Waals surface area contributed by atoms with E-state index in [1.807, 2.05) is 71.9 Å². The molecule has 0 aliphatic heterocycles. The molecule has 4 atom stereocenters. The number of esters is 1. The van der Waals surface area contributed by atoms with Crippen LogP contribution in [0, 0.1) is 11.3 Å². The molecule has 0 aliphatic rings. The van der Waals surface area contributed by atoms with E-state index in [0.717, 1.165) is 12.0 Å². The maximum atomic E-state index is 13.9. The van der Waals surface area contributed by atoms with Gasteiger partial charge in [0.15, 0.2) is 0 Å². The molecular weight excluding hydrogens is 466 g/mol. The van der Waals surface area contributed by atoms with E-state index in [-0.39, 0.29) is 30.4 Å². The summed E-state index contributed by atoms with van der Waals surface area (Å²) in [5.41, 5.74) is 0.423. The summed E-state index contributed by atoms with van der Waals surface area (Å²) in [5.74, 6) is -0.739. The van der Waals surface area contributed by atoms with Crippen molar-refractivity contribution in [2.45, 2.75) is 92.3 Å². The summed E-state index contributed by atoms with van der Waals surface area (Å²) < 4.78 is 5.14. The Bertz CT molecular complexity index is 934. The van der Waals surface area contributed by atoms with Crippen LogP contribution in [0.4, 0.5) is 0 Å². The molecule has 1 aromatic rings. The average molecular weight is 516 g/mol. The summed E-state index contributed by atoms with van der Waals surface area (Å²) in [5, 5.41) is 6.24. The standard InChI is InChI=1S/C30H49N3O4/c1-12-20(3)23(19-21(4)28(36)37-13-2)33(11)27(35)25(29(5,6)7)32-26(34)24(31-10)30(8,9)22-17-15-14-16-18-22/h14-20,23-25,31H,12-13H2,1-11H3,(H,32,34)/b21-19+. The number of likely N-dealkylation sites (N-methyl/N-ethyl adjacent to an activating group) is 2. The molecular formula is C30H49N3O4. The molecule has 208 valence electrons. The van der Waals surface area contributed by atoms with Gasteiger partial charge in [-0.05, 0) is 37.8 Å². The maximum Gasteiger partial charge on any atom is 0.333 e. The predicted octanol–water partition coefficient (Wildman–Crippen LogP) is 4.47. The summed E-state index contributed by atoms with van der Waals surface area (Å²) in [7, 11) is 3.50. The van der Waals surface area contributed by atoms with E-state index in [9.17, 15) is 14.4 Å². The fraction of sp³-hybridized carbons (Fsp3) is 0.633. The van der Waals surface area contributed by atoms with E-state index < -0.39 is 28.9 Å². The zero-order chi connectivity index (χ0) is 28.6. The van der Waals surface area contributed by atoms with Crippen LogP contribution in [0.2, 0.25) is 0 Å². The van der Waals surface area contributed by atoms with Gasteiger partial charge in [-0.2, -0.15) is 0 Å². The van der Waals surface area contributed by atoms with Crippen molar-refractivity contribution in [3.05, 3.63) is 47.5 Å². The van der Waals surface area contributed by atoms with Gasteiger partial charge in [-0.1, -0.05) is 91.3 Å². The summed E-state index contributed by atoms with van der Waals surface area (Å²) >= 11 is 0. The van der Waals surface area contributed by atoms with Crippen LogP contribution in [-0.4, -0.2) is 61.5 Å². The van der Waals surface area contributed by atoms with Crippen LogP contribution in [0.25, 0.3) is 0 Å². The highest BCUT2D eigenvalue weighted by molar-refractivity contribution is 5.92. The summed E-state index contributed by atoms with van der Waals surface area (Å²) in [6.07, 6.45) is 2.62. The van der Waals surface area contributed by atoms with Crippen LogP contribution in [0.3, 0.4) is 0 Å². The Hall–Kier alpha value is -2.67. The number of hydrogen-bond donors (Lipinski definition) is 2. The van der Waals surface area contributed by atoms with Crippen molar-refractivity contribution in [2.75, 3.05) is 20.7 Å². The number of amides is 2. The van der Waals surface area contributed by atoms with Crippen LogP contribution >= 0.6 is 0 Å². The molecule has 0 spiro atoms. The van der Waals surface area contributed by atoms with Crippen molar-refractivity contribution in [3.63, 3.8) is 0 Å². The Balaban J connectivity index is 3.33. The zero-order valence-electron chi connectivity index (χ0n) is 24.8. The fourth-order valence-electron chi connectivity index (χ4n) is 4.55. The van der Waals surface area contributed by atoms with Gasteiger partial charge in [0.05, 0.1) is 18.7 Å². The first-order chi connectivity index (χ1) is 17.1. The highest BCUT2D eigenvalue weighted by atomic mass is 16.5. The number of benzene rings is 1. The molecule has 0 aliphatic carbocycles. The van der Waals surface area contributed by atoms with E-state index in [2.05, 4.69) is 17.6 Å². The van der Waals surface area contributed by atoms with Gasteiger partial charge in [-0.25, -0.2) is 4.79 Å². The lowest BCUT2D eigenvalue weighted by Gasteiger charge is -2.40. The van der Waals surface area contributed by atoms with Gasteiger partial charge in [0, 0.05) is 18.0 Å². The third-order valence-electron chi connectivity index (χ3n) is 7.23. The molecule has 7 heteroatoms. The van der Waals surface area contributed by atoms with Gasteiger partial charge in [-0.15, -0.1) is 0 Å². The number of ether oxygens (including phenoxy) is 1. The molecule has 2 N–H and O–H groups in total. The van der Waals surface area contributed by atoms with Crippen LogP contribution in [-0.2, 0) is 24.5 Å². The second-order valence-corrected chi connectivity index (χ2v) is 11.5. The average Bonchev–Trinajstić information content (AvgIpc) is 2.84. The minimum Gasteiger partial charge on any atom is -0.463 e. The monoisotopic (exact) mass is 515 g/mol. The lowest BCUT2D eigenvalue weighted by molar-refractivity contribution is -0.141. The first-order valence-electron chi connectivity index (χ1n) is 13.3. The Morgan fingerprint density at radius 1 is 1.03 bits per heavy atom. The number of nitrogens with one attached hydrogen (secondary N) is 2. The Labute approximate surface area is 224 Å². The van der Waals surface area contributed by atoms with Gasteiger partial charge >= 0.3 is 5.97 Å². The van der Waals surface area contributed by atoms with Crippen LogP contribution < -0.4 is 10.6 Å². The Kier molecular flexibility index (Phi) is 12.0. The molecule has 0 saturated carbocycles. The molecule has 0 bridgehead atoms. The quantitative estimate of drug-likeness (QED) is 0.317. The number of hydrogen-bond acceptors (Lipinski definition) is 5. The highest BCUT2D eigenvalue weighted by Gasteiger charge is 2.41. The molecule has 0 fully saturated rings. The zero-order valence-corrected chi connectivity index (χ0v) is 24.8. The van der Waals surface area contributed by atoms with E-state index in [4.69, 9.17) is 4.74 Å². The molecule has 0 radical (unpaired) electrons. The summed E-state index contributed by atoms with van der Waals surface area (Å²) in [6.45, 7) is 17.7. The second-order valence-electron chi connectivity index (χ2n) is 11.5. The molecule has 0 heterocycles. The van der Waals surface area contributed by atoms with Crippen molar-refractivity contribution in [3.8, 4) is 0 Å². The lowest BCUT2D eigenvalue weighted by Crippen LogP contribution is -2.61. The van der Waals surface area contributed by atoms with Crippen molar-refractivity contribution in [1.29, 1.82) is 0 Å². The SMILES string of the molecule is CCOC(=O)/C(C)=C/C(C(C)CC)N(C)C(=O)C(NC(=O)C(NC)C(C)(C)c1ccccc1)C(C)(C)C. The smallest absolute Gasteiger partial charge is 0.333 e. The van der Waals surface area contributed by atoms with Crippen molar-refractivity contribution >= 4 is 17.8 Å². The number of carbonyl (C=O) groups excluding carboxylic acids is 3. The van der Waals surface area contributed by atoms with E-state index >= 15 is 0 Å². The first kappa shape index (κ1) is 32.4. The summed E-state index contributed by atoms with van der Waals surface area (Å²) in [4.78, 5) is 41.5. The minimum atomic E-state index is -0.768. The number of carbonyl (C=O) groups is 3. The molecule has 37 heavy (non-hydrogen) atoms. The van der Waals surface area contributed by atoms with E-state index in [1.54, 1.807) is 38.9 Å². The van der Waals surface area contributed by atoms with Crippen molar-refractivity contribution in [2.24, 2.45) is 11.3 Å². The third-order valence-corrected chi connectivity index (χ3v) is 7.23. The second kappa shape index (κ2) is 13.8. The number of nitrogens with zero attached hydrogens (tertiary/aromatic N) is 1. The highest BCUT2D eigenvalue weighted by Crippen LogP contribution is 2.29. The Morgan fingerprint density at radius 2 is 1.59 bits per heavy atom. The minimum absolute atomic E-state index is 0.0942. The van der Waals surface area contributed by atoms with Crippen molar-refractivity contribution in [1.82, 2.24) is 15.5 Å². The van der Waals surface area contributed by atoms with Gasteiger partial charge in [0.2, 0.25) is 11.8 Å². The molecule has 0 aromatic heterocycles. The van der Waals surface area contributed by atoms with Gasteiger partial charge in [0.25, 0.3) is 0 Å². The fourth-order valence-corrected chi connectivity index (χ4v) is 4.55.